The van der Waals surface area contributed by atoms with Gasteiger partial charge in [0, 0.05) is 6.42 Å². The van der Waals surface area contributed by atoms with Crippen LogP contribution in [0.1, 0.15) is 22.9 Å². The highest BCUT2D eigenvalue weighted by molar-refractivity contribution is 5.79. The molecule has 4 N–H and O–H groups in total. The zero-order valence-corrected chi connectivity index (χ0v) is 14.6. The Morgan fingerprint density at radius 3 is 2.19 bits per heavy atom. The predicted octanol–water partition coefficient (Wildman–Crippen LogP) is 1.96. The lowest BCUT2D eigenvalue weighted by Crippen LogP contribution is -2.36. The van der Waals surface area contributed by atoms with Gasteiger partial charge in [0.05, 0.1) is 5.69 Å². The topological polar surface area (TPSA) is 107 Å². The number of rotatable bonds is 7. The van der Waals surface area contributed by atoms with E-state index in [9.17, 15) is 14.7 Å². The summed E-state index contributed by atoms with van der Waals surface area (Å²) in [6.45, 7) is 0. The number of hydrogen-bond acceptors (Lipinski definition) is 4. The number of hydroxylamine groups is 1. The van der Waals surface area contributed by atoms with Crippen LogP contribution in [-0.2, 0) is 24.1 Å². The highest BCUT2D eigenvalue weighted by Gasteiger charge is 2.27. The number of carbonyl (C=O) groups excluding carboxylic acids is 1. The van der Waals surface area contributed by atoms with E-state index in [4.69, 9.17) is 5.21 Å². The first kappa shape index (κ1) is 18.5. The third-order valence-corrected chi connectivity index (χ3v) is 4.48. The summed E-state index contributed by atoms with van der Waals surface area (Å²) >= 11 is 0. The minimum atomic E-state index is -1.08. The monoisotopic (exact) mass is 367 g/mol. The van der Waals surface area contributed by atoms with Gasteiger partial charge in [0.2, 0.25) is 5.88 Å². The molecule has 140 valence electrons. The fourth-order valence-corrected chi connectivity index (χ4v) is 3.08. The average molecular weight is 367 g/mol. The Bertz CT molecular complexity index is 948. The maximum absolute atomic E-state index is 12.4. The number of aryl methyl sites for hydroxylation is 2. The molecule has 1 amide bonds. The SMILES string of the molecule is O=C(NO)C(Cc1ccccc1)n1c(O)c(CCc2ccccc2)[nH]c1=O. The van der Waals surface area contributed by atoms with Crippen molar-refractivity contribution in [1.82, 2.24) is 15.0 Å². The van der Waals surface area contributed by atoms with Crippen LogP contribution in [0.2, 0.25) is 0 Å². The van der Waals surface area contributed by atoms with Crippen molar-refractivity contribution in [3.8, 4) is 5.88 Å². The van der Waals surface area contributed by atoms with Crippen molar-refractivity contribution < 1.29 is 15.1 Å². The molecule has 1 aromatic heterocycles. The van der Waals surface area contributed by atoms with Crippen molar-refractivity contribution in [1.29, 1.82) is 0 Å². The summed E-state index contributed by atoms with van der Waals surface area (Å²) in [5.74, 6) is -1.06. The van der Waals surface area contributed by atoms with E-state index in [1.54, 1.807) is 5.48 Å². The summed E-state index contributed by atoms with van der Waals surface area (Å²) in [6.07, 6.45) is 1.19. The number of nitrogens with zero attached hydrogens (tertiary/aromatic N) is 1. The predicted molar refractivity (Wildman–Crippen MR) is 99.7 cm³/mol. The largest absolute Gasteiger partial charge is 0.493 e. The van der Waals surface area contributed by atoms with E-state index in [1.165, 1.54) is 0 Å². The van der Waals surface area contributed by atoms with Gasteiger partial charge in [-0.05, 0) is 24.0 Å². The number of hydrogen-bond donors (Lipinski definition) is 4. The number of aromatic hydroxyl groups is 1. The van der Waals surface area contributed by atoms with E-state index in [-0.39, 0.29) is 12.3 Å². The first-order chi connectivity index (χ1) is 13.1. The minimum absolute atomic E-state index is 0.149. The summed E-state index contributed by atoms with van der Waals surface area (Å²) in [7, 11) is 0. The van der Waals surface area contributed by atoms with E-state index in [0.29, 0.717) is 18.5 Å². The van der Waals surface area contributed by atoms with Gasteiger partial charge in [0.25, 0.3) is 5.91 Å². The quantitative estimate of drug-likeness (QED) is 0.378. The van der Waals surface area contributed by atoms with Crippen LogP contribution in [0, 0.1) is 0 Å². The third kappa shape index (κ3) is 4.27. The standard InChI is InChI=1S/C20H21N3O4/c24-18(22-27)17(13-15-9-5-2-6-10-15)23-19(25)16(21-20(23)26)12-11-14-7-3-1-4-8-14/h1-10,17,25,27H,11-13H2,(H,21,26)(H,22,24). The molecule has 1 heterocycles. The van der Waals surface area contributed by atoms with E-state index < -0.39 is 17.6 Å². The van der Waals surface area contributed by atoms with Crippen molar-refractivity contribution in [3.63, 3.8) is 0 Å². The minimum Gasteiger partial charge on any atom is -0.493 e. The summed E-state index contributed by atoms with van der Waals surface area (Å²) in [6, 6.07) is 17.7. The molecule has 0 aliphatic carbocycles. The van der Waals surface area contributed by atoms with E-state index in [0.717, 1.165) is 15.7 Å². The van der Waals surface area contributed by atoms with Crippen molar-refractivity contribution >= 4 is 5.91 Å². The highest BCUT2D eigenvalue weighted by Crippen LogP contribution is 2.23. The van der Waals surface area contributed by atoms with Crippen LogP contribution in [0.25, 0.3) is 0 Å². The Morgan fingerprint density at radius 2 is 1.59 bits per heavy atom. The van der Waals surface area contributed by atoms with Gasteiger partial charge in [-0.25, -0.2) is 14.8 Å². The molecule has 3 rings (SSSR count). The maximum atomic E-state index is 12.4. The molecular formula is C20H21N3O4. The normalized spacial score (nSPS) is 11.9. The summed E-state index contributed by atoms with van der Waals surface area (Å²) in [5.41, 5.74) is 3.20. The highest BCUT2D eigenvalue weighted by atomic mass is 16.5. The molecule has 0 fully saturated rings. The van der Waals surface area contributed by atoms with Crippen LogP contribution in [0.4, 0.5) is 0 Å². The molecule has 27 heavy (non-hydrogen) atoms. The van der Waals surface area contributed by atoms with Crippen LogP contribution in [0.5, 0.6) is 5.88 Å². The fraction of sp³-hybridized carbons (Fsp3) is 0.200. The Labute approximate surface area is 155 Å². The van der Waals surface area contributed by atoms with Crippen molar-refractivity contribution in [3.05, 3.63) is 88.0 Å². The molecule has 0 saturated carbocycles. The van der Waals surface area contributed by atoms with Crippen LogP contribution < -0.4 is 11.2 Å². The third-order valence-electron chi connectivity index (χ3n) is 4.48. The number of imidazole rings is 1. The number of amides is 1. The molecule has 7 heteroatoms. The van der Waals surface area contributed by atoms with Crippen LogP contribution >= 0.6 is 0 Å². The molecule has 0 radical (unpaired) electrons. The molecule has 0 aliphatic rings. The van der Waals surface area contributed by atoms with Gasteiger partial charge in [0.1, 0.15) is 6.04 Å². The molecule has 7 nitrogen and oxygen atoms in total. The number of carbonyl (C=O) groups is 1. The van der Waals surface area contributed by atoms with Gasteiger partial charge in [-0.1, -0.05) is 60.7 Å². The van der Waals surface area contributed by atoms with Crippen LogP contribution in [0.3, 0.4) is 0 Å². The molecule has 2 aromatic carbocycles. The van der Waals surface area contributed by atoms with E-state index in [1.807, 2.05) is 60.7 Å². The molecule has 0 aliphatic heterocycles. The molecule has 3 aromatic rings. The van der Waals surface area contributed by atoms with Crippen LogP contribution in [0.15, 0.2) is 65.5 Å². The smallest absolute Gasteiger partial charge is 0.329 e. The lowest BCUT2D eigenvalue weighted by Gasteiger charge is -2.16. The Kier molecular flexibility index (Phi) is 5.73. The maximum Gasteiger partial charge on any atom is 0.329 e. The van der Waals surface area contributed by atoms with Gasteiger partial charge in [-0.15, -0.1) is 0 Å². The van der Waals surface area contributed by atoms with Crippen LogP contribution in [-0.4, -0.2) is 25.8 Å². The van der Waals surface area contributed by atoms with Crippen molar-refractivity contribution in [2.24, 2.45) is 0 Å². The molecule has 1 atom stereocenters. The lowest BCUT2D eigenvalue weighted by molar-refractivity contribution is -0.132. The second kappa shape index (κ2) is 8.37. The number of aromatic amines is 1. The fourth-order valence-electron chi connectivity index (χ4n) is 3.08. The summed E-state index contributed by atoms with van der Waals surface area (Å²) in [5, 5.41) is 19.6. The molecule has 1 unspecified atom stereocenters. The Morgan fingerprint density at radius 1 is 1.00 bits per heavy atom. The zero-order valence-electron chi connectivity index (χ0n) is 14.6. The molecule has 0 spiro atoms. The molecule has 0 saturated heterocycles. The second-order valence-corrected chi connectivity index (χ2v) is 6.27. The van der Waals surface area contributed by atoms with Gasteiger partial charge in [-0.2, -0.15) is 0 Å². The van der Waals surface area contributed by atoms with Gasteiger partial charge >= 0.3 is 5.69 Å². The summed E-state index contributed by atoms with van der Waals surface area (Å²) < 4.78 is 0.985. The molecule has 0 bridgehead atoms. The van der Waals surface area contributed by atoms with Gasteiger partial charge < -0.3 is 10.1 Å². The van der Waals surface area contributed by atoms with Gasteiger partial charge in [-0.3, -0.25) is 10.0 Å². The first-order valence-electron chi connectivity index (χ1n) is 8.64. The van der Waals surface area contributed by atoms with E-state index >= 15 is 0 Å². The Hall–Kier alpha value is -3.32. The summed E-state index contributed by atoms with van der Waals surface area (Å²) in [4.78, 5) is 27.2. The van der Waals surface area contributed by atoms with E-state index in [2.05, 4.69) is 4.98 Å². The number of H-pyrrole nitrogens is 1. The average Bonchev–Trinajstić information content (AvgIpc) is 2.99. The number of benzene rings is 2. The lowest BCUT2D eigenvalue weighted by atomic mass is 10.1. The number of aromatic nitrogens is 2. The first-order valence-corrected chi connectivity index (χ1v) is 8.64. The molecular weight excluding hydrogens is 346 g/mol. The van der Waals surface area contributed by atoms with Crippen molar-refractivity contribution in [2.75, 3.05) is 0 Å². The van der Waals surface area contributed by atoms with Crippen molar-refractivity contribution in [2.45, 2.75) is 25.3 Å². The second-order valence-electron chi connectivity index (χ2n) is 6.27. The van der Waals surface area contributed by atoms with Gasteiger partial charge in [0.15, 0.2) is 0 Å². The zero-order chi connectivity index (χ0) is 19.2. The number of nitrogens with one attached hydrogen (secondary N) is 2. The Balaban J connectivity index is 1.87.